The maximum Gasteiger partial charge on any atom is 0.479 e. The van der Waals surface area contributed by atoms with Crippen molar-refractivity contribution in [3.63, 3.8) is 0 Å². The lowest BCUT2D eigenvalue weighted by molar-refractivity contribution is -0.143. The second kappa shape index (κ2) is 6.96. The lowest BCUT2D eigenvalue weighted by Gasteiger charge is -2.17. The Morgan fingerprint density at radius 2 is 1.96 bits per heavy atom. The van der Waals surface area contributed by atoms with Gasteiger partial charge in [0.25, 0.3) is 0 Å². The number of carbonyl (C=O) groups is 1. The molecule has 132 valence electrons. The lowest BCUT2D eigenvalue weighted by Crippen LogP contribution is -2.25. The van der Waals surface area contributed by atoms with Crippen molar-refractivity contribution in [3.05, 3.63) is 29.8 Å². The van der Waals surface area contributed by atoms with Gasteiger partial charge in [0.05, 0.1) is 17.6 Å². The van der Waals surface area contributed by atoms with Crippen LogP contribution in [0.5, 0.6) is 11.5 Å². The van der Waals surface area contributed by atoms with Crippen molar-refractivity contribution in [1.29, 1.82) is 0 Å². The molecule has 1 heterocycles. The van der Waals surface area contributed by atoms with Gasteiger partial charge >= 0.3 is 11.5 Å². The van der Waals surface area contributed by atoms with Gasteiger partial charge in [-0.1, -0.05) is 0 Å². The SMILES string of the molecule is CC(C)(C)C(=O)Oc1ccc2c(c1)OCCC=C2OSC(F)(F)F. The Kier molecular flexibility index (Phi) is 5.37. The molecule has 24 heavy (non-hydrogen) atoms. The number of fused-ring (bicyclic) bond motifs is 1. The van der Waals surface area contributed by atoms with E-state index in [2.05, 4.69) is 0 Å². The Bertz CT molecular complexity index is 648. The Balaban J connectivity index is 2.21. The van der Waals surface area contributed by atoms with Gasteiger partial charge in [-0.05, 0) is 39.0 Å². The third kappa shape index (κ3) is 5.09. The smallest absolute Gasteiger partial charge is 0.479 e. The second-order valence-corrected chi connectivity index (χ2v) is 6.91. The van der Waals surface area contributed by atoms with Gasteiger partial charge in [-0.2, -0.15) is 13.2 Å². The summed E-state index contributed by atoms with van der Waals surface area (Å²) in [5.74, 6) is 0.216. The molecule has 2 rings (SSSR count). The quantitative estimate of drug-likeness (QED) is 0.433. The van der Waals surface area contributed by atoms with Crippen LogP contribution in [0.4, 0.5) is 13.2 Å². The average molecular weight is 362 g/mol. The first-order valence-electron chi connectivity index (χ1n) is 7.18. The molecule has 0 aliphatic carbocycles. The maximum atomic E-state index is 12.3. The minimum Gasteiger partial charge on any atom is -0.492 e. The maximum absolute atomic E-state index is 12.3. The van der Waals surface area contributed by atoms with Crippen LogP contribution >= 0.6 is 12.0 Å². The van der Waals surface area contributed by atoms with Crippen molar-refractivity contribution in [2.24, 2.45) is 5.41 Å². The van der Waals surface area contributed by atoms with Crippen molar-refractivity contribution >= 4 is 23.8 Å². The summed E-state index contributed by atoms with van der Waals surface area (Å²) in [6.07, 6.45) is 1.94. The van der Waals surface area contributed by atoms with Gasteiger partial charge in [-0.25, -0.2) is 0 Å². The van der Waals surface area contributed by atoms with E-state index in [0.717, 1.165) is 0 Å². The molecule has 0 saturated carbocycles. The van der Waals surface area contributed by atoms with Crippen molar-refractivity contribution in [3.8, 4) is 11.5 Å². The summed E-state index contributed by atoms with van der Waals surface area (Å²) in [4.78, 5) is 11.9. The lowest BCUT2D eigenvalue weighted by atomic mass is 9.97. The van der Waals surface area contributed by atoms with Gasteiger partial charge in [0, 0.05) is 12.5 Å². The molecule has 0 N–H and O–H groups in total. The van der Waals surface area contributed by atoms with Crippen LogP contribution in [0.2, 0.25) is 0 Å². The van der Waals surface area contributed by atoms with E-state index in [4.69, 9.17) is 13.7 Å². The molecular weight excluding hydrogens is 345 g/mol. The van der Waals surface area contributed by atoms with E-state index >= 15 is 0 Å². The highest BCUT2D eigenvalue weighted by Crippen LogP contribution is 2.39. The normalized spacial score (nSPS) is 14.8. The number of rotatable bonds is 3. The Morgan fingerprint density at radius 1 is 1.25 bits per heavy atom. The van der Waals surface area contributed by atoms with Gasteiger partial charge in [-0.3, -0.25) is 4.79 Å². The van der Waals surface area contributed by atoms with Gasteiger partial charge in [0.2, 0.25) is 0 Å². The molecule has 1 aliphatic rings. The van der Waals surface area contributed by atoms with E-state index < -0.39 is 28.9 Å². The number of halogens is 3. The molecule has 0 bridgehead atoms. The minimum absolute atomic E-state index is 0.0681. The summed E-state index contributed by atoms with van der Waals surface area (Å²) >= 11 is -0.578. The third-order valence-corrected chi connectivity index (χ3v) is 3.42. The van der Waals surface area contributed by atoms with Crippen molar-refractivity contribution in [2.45, 2.75) is 32.7 Å². The van der Waals surface area contributed by atoms with Crippen LogP contribution < -0.4 is 9.47 Å². The molecule has 0 aromatic heterocycles. The Hall–Kier alpha value is -1.83. The summed E-state index contributed by atoms with van der Waals surface area (Å²) < 4.78 is 52.6. The van der Waals surface area contributed by atoms with Crippen LogP contribution in [0.1, 0.15) is 32.8 Å². The second-order valence-electron chi connectivity index (χ2n) is 6.12. The fraction of sp³-hybridized carbons (Fsp3) is 0.438. The summed E-state index contributed by atoms with van der Waals surface area (Å²) in [7, 11) is 0. The molecule has 8 heteroatoms. The largest absolute Gasteiger partial charge is 0.492 e. The van der Waals surface area contributed by atoms with Gasteiger partial charge in [0.1, 0.15) is 17.3 Å². The van der Waals surface area contributed by atoms with Crippen LogP contribution in [-0.2, 0) is 8.98 Å². The highest BCUT2D eigenvalue weighted by atomic mass is 32.2. The Morgan fingerprint density at radius 3 is 2.58 bits per heavy atom. The third-order valence-electron chi connectivity index (χ3n) is 2.97. The first kappa shape index (κ1) is 18.5. The first-order valence-corrected chi connectivity index (χ1v) is 7.92. The molecule has 1 aliphatic heterocycles. The summed E-state index contributed by atoms with van der Waals surface area (Å²) in [5.41, 5.74) is -4.80. The number of hydrogen-bond donors (Lipinski definition) is 0. The fourth-order valence-corrected chi connectivity index (χ4v) is 2.13. The Labute approximate surface area is 142 Å². The van der Waals surface area contributed by atoms with Crippen LogP contribution in [-0.4, -0.2) is 18.1 Å². The molecule has 0 saturated heterocycles. The summed E-state index contributed by atoms with van der Waals surface area (Å²) in [6.45, 7) is 5.45. The first-order chi connectivity index (χ1) is 11.1. The van der Waals surface area contributed by atoms with Crippen LogP contribution in [0, 0.1) is 5.41 Å². The van der Waals surface area contributed by atoms with E-state index in [9.17, 15) is 18.0 Å². The van der Waals surface area contributed by atoms with Crippen molar-refractivity contribution in [2.75, 3.05) is 6.61 Å². The predicted molar refractivity (Wildman–Crippen MR) is 84.4 cm³/mol. The summed E-state index contributed by atoms with van der Waals surface area (Å²) in [5, 5.41) is 0. The highest BCUT2D eigenvalue weighted by Gasteiger charge is 2.32. The zero-order chi connectivity index (χ0) is 18.0. The van der Waals surface area contributed by atoms with E-state index in [-0.39, 0.29) is 18.1 Å². The van der Waals surface area contributed by atoms with Crippen molar-refractivity contribution < 1.29 is 31.6 Å². The van der Waals surface area contributed by atoms with E-state index in [0.29, 0.717) is 17.7 Å². The highest BCUT2D eigenvalue weighted by molar-refractivity contribution is 7.95. The minimum atomic E-state index is -4.50. The zero-order valence-corrected chi connectivity index (χ0v) is 14.2. The van der Waals surface area contributed by atoms with Gasteiger partial charge < -0.3 is 13.7 Å². The number of ether oxygens (including phenoxy) is 2. The molecule has 0 atom stereocenters. The molecule has 1 aromatic rings. The fourth-order valence-electron chi connectivity index (χ4n) is 1.79. The molecule has 0 fully saturated rings. The van der Waals surface area contributed by atoms with E-state index in [1.165, 1.54) is 24.3 Å². The van der Waals surface area contributed by atoms with E-state index in [1.54, 1.807) is 20.8 Å². The molecule has 0 unspecified atom stereocenters. The molecule has 0 amide bonds. The monoisotopic (exact) mass is 362 g/mol. The number of alkyl halides is 3. The van der Waals surface area contributed by atoms with Gasteiger partial charge in [0.15, 0.2) is 12.0 Å². The van der Waals surface area contributed by atoms with Gasteiger partial charge in [-0.15, -0.1) is 0 Å². The number of hydrogen-bond acceptors (Lipinski definition) is 5. The number of benzene rings is 1. The van der Waals surface area contributed by atoms with E-state index in [1.807, 2.05) is 0 Å². The summed E-state index contributed by atoms with van der Waals surface area (Å²) in [6, 6.07) is 4.47. The molecule has 4 nitrogen and oxygen atoms in total. The van der Waals surface area contributed by atoms with Crippen LogP contribution in [0.3, 0.4) is 0 Å². The number of esters is 1. The molecule has 0 radical (unpaired) electrons. The zero-order valence-electron chi connectivity index (χ0n) is 13.4. The molecule has 0 spiro atoms. The average Bonchev–Trinajstić information content (AvgIpc) is 2.65. The molecule has 1 aromatic carbocycles. The topological polar surface area (TPSA) is 44.8 Å². The number of carbonyl (C=O) groups excluding carboxylic acids is 1. The van der Waals surface area contributed by atoms with Crippen molar-refractivity contribution in [1.82, 2.24) is 0 Å². The standard InChI is InChI=1S/C16H17F3O4S/c1-15(2,3)14(20)22-10-6-7-11-12(23-24-16(17,18)19)5-4-8-21-13(11)9-10/h5-7,9H,4,8H2,1-3H3. The van der Waals surface area contributed by atoms with Crippen LogP contribution in [0.15, 0.2) is 24.3 Å². The predicted octanol–water partition coefficient (Wildman–Crippen LogP) is 4.95. The van der Waals surface area contributed by atoms with Crippen LogP contribution in [0.25, 0.3) is 5.76 Å². The molecular formula is C16H17F3O4S.